The van der Waals surface area contributed by atoms with Gasteiger partial charge in [0.2, 0.25) is 0 Å². The van der Waals surface area contributed by atoms with Crippen LogP contribution in [-0.2, 0) is 17.8 Å². The first-order chi connectivity index (χ1) is 10.2. The van der Waals surface area contributed by atoms with Crippen LogP contribution in [0.3, 0.4) is 0 Å². The fourth-order valence-corrected chi connectivity index (χ4v) is 2.35. The summed E-state index contributed by atoms with van der Waals surface area (Å²) >= 11 is 5.92. The van der Waals surface area contributed by atoms with Crippen LogP contribution in [0.25, 0.3) is 11.3 Å². The van der Waals surface area contributed by atoms with E-state index in [0.29, 0.717) is 24.7 Å². The molecule has 0 aliphatic heterocycles. The van der Waals surface area contributed by atoms with Crippen molar-refractivity contribution < 1.29 is 4.74 Å². The van der Waals surface area contributed by atoms with Crippen molar-refractivity contribution in [2.24, 2.45) is 0 Å². The molecule has 5 heteroatoms. The predicted octanol–water partition coefficient (Wildman–Crippen LogP) is 2.53. The summed E-state index contributed by atoms with van der Waals surface area (Å²) in [5, 5.41) is 3.69. The molecule has 4 nitrogen and oxygen atoms in total. The maximum atomic E-state index is 12.6. The molecule has 21 heavy (non-hydrogen) atoms. The van der Waals surface area contributed by atoms with Gasteiger partial charge in [-0.2, -0.15) is 0 Å². The standard InChI is InChI=1S/C16H19ClN2O2/c1-18-11-13-5-8-15(12-3-6-14(17)7-4-12)19(16(13)20)9-10-21-2/h3-8,18H,9-11H2,1-2H3. The van der Waals surface area contributed by atoms with E-state index in [1.54, 1.807) is 11.7 Å². The minimum absolute atomic E-state index is 0.00819. The number of rotatable bonds is 6. The van der Waals surface area contributed by atoms with Gasteiger partial charge in [0.25, 0.3) is 5.56 Å². The van der Waals surface area contributed by atoms with Crippen LogP contribution in [0.15, 0.2) is 41.2 Å². The monoisotopic (exact) mass is 306 g/mol. The predicted molar refractivity (Wildman–Crippen MR) is 85.8 cm³/mol. The zero-order chi connectivity index (χ0) is 15.2. The average Bonchev–Trinajstić information content (AvgIpc) is 2.49. The van der Waals surface area contributed by atoms with E-state index in [2.05, 4.69) is 5.32 Å². The molecule has 0 bridgehead atoms. The van der Waals surface area contributed by atoms with Gasteiger partial charge in [-0.25, -0.2) is 0 Å². The summed E-state index contributed by atoms with van der Waals surface area (Å²) in [6, 6.07) is 11.3. The number of aromatic nitrogens is 1. The lowest BCUT2D eigenvalue weighted by atomic mass is 10.1. The summed E-state index contributed by atoms with van der Waals surface area (Å²) in [5.74, 6) is 0. The molecule has 1 N–H and O–H groups in total. The molecule has 0 aliphatic rings. The Balaban J connectivity index is 2.51. The van der Waals surface area contributed by atoms with Crippen LogP contribution in [0.2, 0.25) is 5.02 Å². The van der Waals surface area contributed by atoms with E-state index >= 15 is 0 Å². The number of halogens is 1. The fraction of sp³-hybridized carbons (Fsp3) is 0.312. The van der Waals surface area contributed by atoms with Gasteiger partial charge in [-0.3, -0.25) is 4.79 Å². The highest BCUT2D eigenvalue weighted by molar-refractivity contribution is 6.30. The Kier molecular flexibility index (Phi) is 5.56. The van der Waals surface area contributed by atoms with Gasteiger partial charge < -0.3 is 14.6 Å². The smallest absolute Gasteiger partial charge is 0.255 e. The number of methoxy groups -OCH3 is 1. The van der Waals surface area contributed by atoms with Crippen LogP contribution in [0, 0.1) is 0 Å². The van der Waals surface area contributed by atoms with Gasteiger partial charge in [-0.05, 0) is 30.8 Å². The van der Waals surface area contributed by atoms with Crippen LogP contribution < -0.4 is 10.9 Å². The highest BCUT2D eigenvalue weighted by Crippen LogP contribution is 2.21. The molecule has 112 valence electrons. The highest BCUT2D eigenvalue weighted by Gasteiger charge is 2.10. The van der Waals surface area contributed by atoms with Crippen LogP contribution in [-0.4, -0.2) is 25.3 Å². The first-order valence-electron chi connectivity index (χ1n) is 6.79. The van der Waals surface area contributed by atoms with E-state index in [1.165, 1.54) is 0 Å². The Morgan fingerprint density at radius 2 is 1.90 bits per heavy atom. The third-order valence-corrected chi connectivity index (χ3v) is 3.53. The van der Waals surface area contributed by atoms with E-state index < -0.39 is 0 Å². The molecule has 0 fully saturated rings. The molecule has 1 aromatic carbocycles. The molecule has 0 unspecified atom stereocenters. The maximum Gasteiger partial charge on any atom is 0.255 e. The van der Waals surface area contributed by atoms with Crippen molar-refractivity contribution in [3.63, 3.8) is 0 Å². The number of pyridine rings is 1. The highest BCUT2D eigenvalue weighted by atomic mass is 35.5. The molecule has 0 amide bonds. The summed E-state index contributed by atoms with van der Waals surface area (Å²) in [7, 11) is 3.45. The van der Waals surface area contributed by atoms with Crippen molar-refractivity contribution >= 4 is 11.6 Å². The number of nitrogens with one attached hydrogen (secondary N) is 1. The van der Waals surface area contributed by atoms with Crippen LogP contribution in [0.1, 0.15) is 5.56 Å². The Morgan fingerprint density at radius 3 is 2.52 bits per heavy atom. The molecule has 2 aromatic rings. The number of nitrogens with zero attached hydrogens (tertiary/aromatic N) is 1. The van der Waals surface area contributed by atoms with Gasteiger partial charge >= 0.3 is 0 Å². The molecular formula is C16H19ClN2O2. The number of hydrogen-bond donors (Lipinski definition) is 1. The van der Waals surface area contributed by atoms with Crippen molar-refractivity contribution in [1.29, 1.82) is 0 Å². The lowest BCUT2D eigenvalue weighted by Crippen LogP contribution is -2.28. The second-order valence-corrected chi connectivity index (χ2v) is 5.17. The Labute approximate surface area is 129 Å². The molecule has 0 spiro atoms. The second kappa shape index (κ2) is 7.41. The average molecular weight is 307 g/mol. The zero-order valence-electron chi connectivity index (χ0n) is 12.2. The van der Waals surface area contributed by atoms with E-state index in [9.17, 15) is 4.79 Å². The van der Waals surface area contributed by atoms with Gasteiger partial charge in [0.15, 0.2) is 0 Å². The number of ether oxygens (including phenoxy) is 1. The first kappa shape index (κ1) is 15.8. The Hall–Kier alpha value is -1.62. The summed E-state index contributed by atoms with van der Waals surface area (Å²) in [6.45, 7) is 1.56. The summed E-state index contributed by atoms with van der Waals surface area (Å²) in [6.07, 6.45) is 0. The van der Waals surface area contributed by atoms with Gasteiger partial charge in [-0.15, -0.1) is 0 Å². The van der Waals surface area contributed by atoms with E-state index in [0.717, 1.165) is 16.8 Å². The number of hydrogen-bond acceptors (Lipinski definition) is 3. The Morgan fingerprint density at radius 1 is 1.19 bits per heavy atom. The van der Waals surface area contributed by atoms with Crippen molar-refractivity contribution in [3.05, 3.63) is 57.3 Å². The van der Waals surface area contributed by atoms with Crippen LogP contribution in [0.5, 0.6) is 0 Å². The third kappa shape index (κ3) is 3.73. The molecule has 1 aromatic heterocycles. The van der Waals surface area contributed by atoms with E-state index in [4.69, 9.17) is 16.3 Å². The molecular weight excluding hydrogens is 288 g/mol. The first-order valence-corrected chi connectivity index (χ1v) is 7.17. The molecule has 0 radical (unpaired) electrons. The zero-order valence-corrected chi connectivity index (χ0v) is 13.0. The molecule has 0 saturated heterocycles. The lowest BCUT2D eigenvalue weighted by Gasteiger charge is -2.14. The third-order valence-electron chi connectivity index (χ3n) is 3.28. The van der Waals surface area contributed by atoms with E-state index in [1.807, 2.05) is 43.4 Å². The molecule has 1 heterocycles. The largest absolute Gasteiger partial charge is 0.383 e. The number of benzene rings is 1. The van der Waals surface area contributed by atoms with Crippen LogP contribution >= 0.6 is 11.6 Å². The summed E-state index contributed by atoms with van der Waals surface area (Å²) < 4.78 is 6.86. The molecule has 0 atom stereocenters. The van der Waals surface area contributed by atoms with Crippen molar-refractivity contribution in [3.8, 4) is 11.3 Å². The van der Waals surface area contributed by atoms with E-state index in [-0.39, 0.29) is 5.56 Å². The molecule has 0 aliphatic carbocycles. The van der Waals surface area contributed by atoms with Gasteiger partial charge in [0.05, 0.1) is 12.3 Å². The SMILES string of the molecule is CNCc1ccc(-c2ccc(Cl)cc2)n(CCOC)c1=O. The van der Waals surface area contributed by atoms with Gasteiger partial charge in [0, 0.05) is 30.8 Å². The second-order valence-electron chi connectivity index (χ2n) is 4.73. The van der Waals surface area contributed by atoms with Crippen molar-refractivity contribution in [1.82, 2.24) is 9.88 Å². The normalized spacial score (nSPS) is 10.8. The quantitative estimate of drug-likeness (QED) is 0.892. The fourth-order valence-electron chi connectivity index (χ4n) is 2.23. The summed E-state index contributed by atoms with van der Waals surface area (Å²) in [4.78, 5) is 12.6. The van der Waals surface area contributed by atoms with Crippen molar-refractivity contribution in [2.45, 2.75) is 13.1 Å². The maximum absolute atomic E-state index is 12.6. The van der Waals surface area contributed by atoms with Crippen molar-refractivity contribution in [2.75, 3.05) is 20.8 Å². The van der Waals surface area contributed by atoms with Gasteiger partial charge in [-0.1, -0.05) is 29.8 Å². The van der Waals surface area contributed by atoms with Crippen LogP contribution in [0.4, 0.5) is 0 Å². The molecule has 2 rings (SSSR count). The minimum Gasteiger partial charge on any atom is -0.383 e. The van der Waals surface area contributed by atoms with Gasteiger partial charge in [0.1, 0.15) is 0 Å². The summed E-state index contributed by atoms with van der Waals surface area (Å²) in [5.41, 5.74) is 2.58. The topological polar surface area (TPSA) is 43.3 Å². The minimum atomic E-state index is 0.00819. The lowest BCUT2D eigenvalue weighted by molar-refractivity contribution is 0.186. The Bertz CT molecular complexity index is 650. The molecule has 0 saturated carbocycles.